The molecule has 4 aromatic rings. The smallest absolute Gasteiger partial charge is 0.237 e. The van der Waals surface area contributed by atoms with Crippen LogP contribution < -0.4 is 0 Å². The Hall–Kier alpha value is -2.52. The number of aromatic nitrogens is 6. The van der Waals surface area contributed by atoms with E-state index in [9.17, 15) is 0 Å². The zero-order chi connectivity index (χ0) is 16.4. The van der Waals surface area contributed by atoms with Crippen molar-refractivity contribution in [3.8, 4) is 22.1 Å². The highest BCUT2D eigenvalue weighted by Crippen LogP contribution is 2.26. The fraction of sp³-hybridized carbons (Fsp3) is 0.133. The Kier molecular flexibility index (Phi) is 4.09. The minimum absolute atomic E-state index is 0.542. The van der Waals surface area contributed by atoms with Gasteiger partial charge in [0.1, 0.15) is 0 Å². The van der Waals surface area contributed by atoms with Gasteiger partial charge in [-0.05, 0) is 23.6 Å². The van der Waals surface area contributed by atoms with Gasteiger partial charge in [0.2, 0.25) is 11.7 Å². The molecule has 0 bridgehead atoms. The Balaban J connectivity index is 1.48. The number of rotatable bonds is 5. The van der Waals surface area contributed by atoms with Crippen molar-refractivity contribution in [2.75, 3.05) is 0 Å². The lowest BCUT2D eigenvalue weighted by Crippen LogP contribution is -1.95. The fourth-order valence-electron chi connectivity index (χ4n) is 2.14. The quantitative estimate of drug-likeness (QED) is 0.507. The van der Waals surface area contributed by atoms with Crippen molar-refractivity contribution in [3.63, 3.8) is 0 Å². The monoisotopic (exact) mass is 356 g/mol. The maximum Gasteiger partial charge on any atom is 0.237 e. The Labute approximate surface area is 145 Å². The van der Waals surface area contributed by atoms with Crippen LogP contribution in [0.2, 0.25) is 0 Å². The predicted octanol–water partition coefficient (Wildman–Crippen LogP) is 3.28. The molecule has 4 rings (SSSR count). The summed E-state index contributed by atoms with van der Waals surface area (Å²) in [6.45, 7) is 0. The van der Waals surface area contributed by atoms with Gasteiger partial charge in [-0.15, -0.1) is 21.5 Å². The number of thioether (sulfide) groups is 1. The molecule has 0 saturated heterocycles. The van der Waals surface area contributed by atoms with E-state index < -0.39 is 0 Å². The Morgan fingerprint density at radius 2 is 2.08 bits per heavy atom. The molecule has 0 atom stereocenters. The van der Waals surface area contributed by atoms with Crippen LogP contribution in [-0.4, -0.2) is 29.9 Å². The average Bonchev–Trinajstić information content (AvgIpc) is 3.35. The summed E-state index contributed by atoms with van der Waals surface area (Å²) in [5, 5.41) is 15.3. The second-order valence-electron chi connectivity index (χ2n) is 4.88. The van der Waals surface area contributed by atoms with Crippen molar-refractivity contribution < 1.29 is 4.52 Å². The lowest BCUT2D eigenvalue weighted by Gasteiger charge is -2.02. The number of hydrogen-bond acceptors (Lipinski definition) is 8. The van der Waals surface area contributed by atoms with Crippen molar-refractivity contribution in [1.82, 2.24) is 29.9 Å². The van der Waals surface area contributed by atoms with Crippen LogP contribution in [0.1, 0.15) is 5.89 Å². The van der Waals surface area contributed by atoms with Gasteiger partial charge >= 0.3 is 0 Å². The minimum Gasteiger partial charge on any atom is -0.338 e. The molecule has 7 nitrogen and oxygen atoms in total. The third-order valence-electron chi connectivity index (χ3n) is 3.31. The first-order chi connectivity index (χ1) is 11.8. The second kappa shape index (κ2) is 6.54. The molecule has 4 heterocycles. The van der Waals surface area contributed by atoms with Crippen LogP contribution in [0.5, 0.6) is 0 Å². The summed E-state index contributed by atoms with van der Waals surface area (Å²) in [5.41, 5.74) is 0.977. The van der Waals surface area contributed by atoms with Crippen LogP contribution in [0.25, 0.3) is 22.1 Å². The third-order valence-corrected chi connectivity index (χ3v) is 5.18. The second-order valence-corrected chi connectivity index (χ2v) is 6.77. The van der Waals surface area contributed by atoms with Gasteiger partial charge in [-0.3, -0.25) is 4.98 Å². The molecule has 24 heavy (non-hydrogen) atoms. The third kappa shape index (κ3) is 2.95. The van der Waals surface area contributed by atoms with E-state index in [-0.39, 0.29) is 0 Å². The molecule has 0 amide bonds. The van der Waals surface area contributed by atoms with E-state index >= 15 is 0 Å². The van der Waals surface area contributed by atoms with Crippen LogP contribution in [0.15, 0.2) is 51.7 Å². The van der Waals surface area contributed by atoms with E-state index in [1.807, 2.05) is 41.3 Å². The summed E-state index contributed by atoms with van der Waals surface area (Å²) in [6.07, 6.45) is 3.47. The Morgan fingerprint density at radius 1 is 1.21 bits per heavy atom. The van der Waals surface area contributed by atoms with E-state index in [0.717, 1.165) is 21.4 Å². The fourth-order valence-corrected chi connectivity index (χ4v) is 3.54. The van der Waals surface area contributed by atoms with Crippen molar-refractivity contribution >= 4 is 23.1 Å². The van der Waals surface area contributed by atoms with Gasteiger partial charge in [-0.2, -0.15) is 4.98 Å². The summed E-state index contributed by atoms with van der Waals surface area (Å²) < 4.78 is 7.24. The summed E-state index contributed by atoms with van der Waals surface area (Å²) in [6, 6.07) is 7.74. The van der Waals surface area contributed by atoms with Crippen molar-refractivity contribution in [1.29, 1.82) is 0 Å². The minimum atomic E-state index is 0.542. The molecular weight excluding hydrogens is 344 g/mol. The van der Waals surface area contributed by atoms with Crippen LogP contribution in [0.4, 0.5) is 0 Å². The molecule has 0 aliphatic rings. The number of thiophene rings is 1. The van der Waals surface area contributed by atoms with Gasteiger partial charge < -0.3 is 9.09 Å². The van der Waals surface area contributed by atoms with Gasteiger partial charge in [0, 0.05) is 25.0 Å². The first-order valence-electron chi connectivity index (χ1n) is 7.10. The molecule has 0 spiro atoms. The molecule has 0 unspecified atom stereocenters. The lowest BCUT2D eigenvalue weighted by molar-refractivity contribution is 0.391. The highest BCUT2D eigenvalue weighted by atomic mass is 32.2. The van der Waals surface area contributed by atoms with Crippen LogP contribution >= 0.6 is 23.1 Å². The maximum absolute atomic E-state index is 5.30. The summed E-state index contributed by atoms with van der Waals surface area (Å²) in [5.74, 6) is 2.53. The molecule has 0 aromatic carbocycles. The van der Waals surface area contributed by atoms with Crippen LogP contribution in [0, 0.1) is 0 Å². The van der Waals surface area contributed by atoms with Gasteiger partial charge in [-0.1, -0.05) is 23.0 Å². The molecule has 0 aliphatic heterocycles. The SMILES string of the molecule is Cn1c(SCc2nc(-c3cccs3)no2)nnc1-c1ccncc1. The van der Waals surface area contributed by atoms with Crippen molar-refractivity contribution in [2.24, 2.45) is 7.05 Å². The molecule has 120 valence electrons. The lowest BCUT2D eigenvalue weighted by atomic mass is 10.2. The molecule has 9 heteroatoms. The molecule has 0 N–H and O–H groups in total. The molecule has 0 saturated carbocycles. The number of hydrogen-bond donors (Lipinski definition) is 0. The molecule has 0 fully saturated rings. The largest absolute Gasteiger partial charge is 0.338 e. The maximum atomic E-state index is 5.30. The molecule has 4 aromatic heterocycles. The first kappa shape index (κ1) is 15.0. The van der Waals surface area contributed by atoms with Gasteiger partial charge in [0.25, 0.3) is 0 Å². The zero-order valence-electron chi connectivity index (χ0n) is 12.7. The van der Waals surface area contributed by atoms with Gasteiger partial charge in [0.15, 0.2) is 11.0 Å². The predicted molar refractivity (Wildman–Crippen MR) is 91.4 cm³/mol. The van der Waals surface area contributed by atoms with E-state index in [1.54, 1.807) is 23.7 Å². The topological polar surface area (TPSA) is 82.5 Å². The standard InChI is InChI=1S/C15H12N6OS2/c1-21-14(10-4-6-16-7-5-10)18-19-15(21)24-9-12-17-13(20-22-12)11-3-2-8-23-11/h2-8H,9H2,1H3. The molecule has 0 radical (unpaired) electrons. The summed E-state index contributed by atoms with van der Waals surface area (Å²) >= 11 is 3.09. The highest BCUT2D eigenvalue weighted by Gasteiger charge is 2.14. The molecular formula is C15H12N6OS2. The first-order valence-corrected chi connectivity index (χ1v) is 8.97. The van der Waals surface area contributed by atoms with E-state index in [1.165, 1.54) is 11.8 Å². The number of pyridine rings is 1. The molecule has 0 aliphatic carbocycles. The average molecular weight is 356 g/mol. The van der Waals surface area contributed by atoms with Gasteiger partial charge in [0.05, 0.1) is 10.6 Å². The van der Waals surface area contributed by atoms with Crippen molar-refractivity contribution in [3.05, 3.63) is 47.9 Å². The van der Waals surface area contributed by atoms with Gasteiger partial charge in [-0.25, -0.2) is 0 Å². The van der Waals surface area contributed by atoms with Crippen molar-refractivity contribution in [2.45, 2.75) is 10.9 Å². The van der Waals surface area contributed by atoms with E-state index in [4.69, 9.17) is 4.52 Å². The summed E-state index contributed by atoms with van der Waals surface area (Å²) in [7, 11) is 1.93. The van der Waals surface area contributed by atoms with Crippen LogP contribution in [-0.2, 0) is 12.8 Å². The van der Waals surface area contributed by atoms with E-state index in [0.29, 0.717) is 17.5 Å². The Morgan fingerprint density at radius 3 is 2.88 bits per heavy atom. The Bertz CT molecular complexity index is 932. The van der Waals surface area contributed by atoms with Crippen LogP contribution in [0.3, 0.4) is 0 Å². The van der Waals surface area contributed by atoms with E-state index in [2.05, 4.69) is 25.3 Å². The number of nitrogens with zero attached hydrogens (tertiary/aromatic N) is 6. The normalized spacial score (nSPS) is 11.0. The highest BCUT2D eigenvalue weighted by molar-refractivity contribution is 7.98. The zero-order valence-corrected chi connectivity index (χ0v) is 14.3. The summed E-state index contributed by atoms with van der Waals surface area (Å²) in [4.78, 5) is 9.42.